The van der Waals surface area contributed by atoms with Gasteiger partial charge in [-0.05, 0) is 44.4 Å². The van der Waals surface area contributed by atoms with Crippen LogP contribution in [0.15, 0.2) is 0 Å². The van der Waals surface area contributed by atoms with Crippen molar-refractivity contribution < 1.29 is 9.90 Å². The summed E-state index contributed by atoms with van der Waals surface area (Å²) in [5, 5.41) is 9.50. The van der Waals surface area contributed by atoms with Gasteiger partial charge in [-0.2, -0.15) is 0 Å². The molecule has 104 valence electrons. The number of likely N-dealkylation sites (tertiary alicyclic amines) is 1. The first kappa shape index (κ1) is 13.9. The van der Waals surface area contributed by atoms with Gasteiger partial charge in [0.25, 0.3) is 0 Å². The van der Waals surface area contributed by atoms with Gasteiger partial charge in [-0.25, -0.2) is 0 Å². The van der Waals surface area contributed by atoms with Gasteiger partial charge < -0.3 is 5.11 Å². The van der Waals surface area contributed by atoms with Crippen LogP contribution >= 0.6 is 0 Å². The van der Waals surface area contributed by atoms with Crippen LogP contribution in [0.5, 0.6) is 0 Å². The highest BCUT2D eigenvalue weighted by molar-refractivity contribution is 5.73. The Hall–Kier alpha value is -0.570. The SMILES string of the molecule is CCC(CC)N1C(C(=O)O)CCC2CCCCC21. The second-order valence-electron chi connectivity index (χ2n) is 5.96. The third-order valence-electron chi connectivity index (χ3n) is 5.07. The Morgan fingerprint density at radius 3 is 2.44 bits per heavy atom. The van der Waals surface area contributed by atoms with Gasteiger partial charge >= 0.3 is 5.97 Å². The molecule has 1 aliphatic carbocycles. The number of carboxylic acids is 1. The van der Waals surface area contributed by atoms with Crippen LogP contribution < -0.4 is 0 Å². The fourth-order valence-electron chi connectivity index (χ4n) is 4.16. The van der Waals surface area contributed by atoms with Crippen LogP contribution in [0.3, 0.4) is 0 Å². The van der Waals surface area contributed by atoms with Crippen molar-refractivity contribution in [1.82, 2.24) is 4.90 Å². The Bertz CT molecular complexity index is 288. The summed E-state index contributed by atoms with van der Waals surface area (Å²) >= 11 is 0. The van der Waals surface area contributed by atoms with Crippen molar-refractivity contribution in [3.8, 4) is 0 Å². The molecule has 3 unspecified atom stereocenters. The average molecular weight is 253 g/mol. The molecule has 0 amide bonds. The monoisotopic (exact) mass is 253 g/mol. The molecule has 0 aromatic carbocycles. The van der Waals surface area contributed by atoms with Crippen LogP contribution in [0.1, 0.15) is 65.2 Å². The second kappa shape index (κ2) is 6.05. The van der Waals surface area contributed by atoms with Crippen LogP contribution in [0.2, 0.25) is 0 Å². The topological polar surface area (TPSA) is 40.5 Å². The van der Waals surface area contributed by atoms with Crippen molar-refractivity contribution in [2.24, 2.45) is 5.92 Å². The Morgan fingerprint density at radius 2 is 1.83 bits per heavy atom. The van der Waals surface area contributed by atoms with Gasteiger partial charge in [0.15, 0.2) is 0 Å². The summed E-state index contributed by atoms with van der Waals surface area (Å²) in [6.45, 7) is 4.39. The number of aliphatic carboxylic acids is 1. The molecule has 18 heavy (non-hydrogen) atoms. The quantitative estimate of drug-likeness (QED) is 0.836. The number of carbonyl (C=O) groups is 1. The third kappa shape index (κ3) is 2.56. The number of piperidine rings is 1. The first-order valence-electron chi connectivity index (χ1n) is 7.69. The van der Waals surface area contributed by atoms with Crippen molar-refractivity contribution in [1.29, 1.82) is 0 Å². The van der Waals surface area contributed by atoms with E-state index in [1.165, 1.54) is 25.7 Å². The molecule has 0 aromatic heterocycles. The molecule has 0 radical (unpaired) electrons. The molecule has 0 spiro atoms. The average Bonchev–Trinajstić information content (AvgIpc) is 2.40. The Kier molecular flexibility index (Phi) is 4.66. The lowest BCUT2D eigenvalue weighted by Gasteiger charge is -2.50. The van der Waals surface area contributed by atoms with Gasteiger partial charge in [0.05, 0.1) is 0 Å². The smallest absolute Gasteiger partial charge is 0.320 e. The first-order chi connectivity index (χ1) is 8.69. The van der Waals surface area contributed by atoms with E-state index in [2.05, 4.69) is 18.7 Å². The van der Waals surface area contributed by atoms with Crippen molar-refractivity contribution in [3.63, 3.8) is 0 Å². The highest BCUT2D eigenvalue weighted by Crippen LogP contribution is 2.39. The maximum absolute atomic E-state index is 11.5. The molecule has 1 saturated heterocycles. The van der Waals surface area contributed by atoms with E-state index in [9.17, 15) is 9.90 Å². The fraction of sp³-hybridized carbons (Fsp3) is 0.933. The molecule has 0 bridgehead atoms. The number of carboxylic acid groups (broad SMARTS) is 1. The lowest BCUT2D eigenvalue weighted by Crippen LogP contribution is -2.58. The van der Waals surface area contributed by atoms with Gasteiger partial charge in [0.2, 0.25) is 0 Å². The van der Waals surface area contributed by atoms with E-state index in [0.29, 0.717) is 12.1 Å². The molecule has 2 aliphatic rings. The molecule has 3 nitrogen and oxygen atoms in total. The van der Waals surface area contributed by atoms with Crippen LogP contribution in [0.25, 0.3) is 0 Å². The summed E-state index contributed by atoms with van der Waals surface area (Å²) < 4.78 is 0. The van der Waals surface area contributed by atoms with Gasteiger partial charge in [0, 0.05) is 12.1 Å². The van der Waals surface area contributed by atoms with Gasteiger partial charge in [-0.3, -0.25) is 9.69 Å². The number of nitrogens with zero attached hydrogens (tertiary/aromatic N) is 1. The molecule has 3 atom stereocenters. The molecule has 1 N–H and O–H groups in total. The molecule has 1 heterocycles. The molecule has 2 rings (SSSR count). The van der Waals surface area contributed by atoms with Crippen LogP contribution in [-0.2, 0) is 4.79 Å². The van der Waals surface area contributed by atoms with Crippen LogP contribution in [0.4, 0.5) is 0 Å². The Morgan fingerprint density at radius 1 is 1.17 bits per heavy atom. The minimum atomic E-state index is -0.606. The van der Waals surface area contributed by atoms with Gasteiger partial charge in [-0.1, -0.05) is 26.7 Å². The highest BCUT2D eigenvalue weighted by atomic mass is 16.4. The summed E-state index contributed by atoms with van der Waals surface area (Å²) in [5.74, 6) is 0.154. The van der Waals surface area contributed by atoms with E-state index in [-0.39, 0.29) is 6.04 Å². The van der Waals surface area contributed by atoms with E-state index < -0.39 is 5.97 Å². The predicted molar refractivity (Wildman–Crippen MR) is 72.6 cm³/mol. The third-order valence-corrected chi connectivity index (χ3v) is 5.07. The normalized spacial score (nSPS) is 33.4. The Balaban J connectivity index is 2.21. The van der Waals surface area contributed by atoms with Crippen molar-refractivity contribution in [2.45, 2.75) is 83.3 Å². The maximum Gasteiger partial charge on any atom is 0.320 e. The molecule has 1 saturated carbocycles. The largest absolute Gasteiger partial charge is 0.480 e. The minimum Gasteiger partial charge on any atom is -0.480 e. The van der Waals surface area contributed by atoms with E-state index in [1.54, 1.807) is 0 Å². The van der Waals surface area contributed by atoms with Gasteiger partial charge in [0.1, 0.15) is 6.04 Å². The van der Waals surface area contributed by atoms with E-state index in [1.807, 2.05) is 0 Å². The second-order valence-corrected chi connectivity index (χ2v) is 5.96. The molecular formula is C15H27NO2. The van der Waals surface area contributed by atoms with E-state index in [4.69, 9.17) is 0 Å². The maximum atomic E-state index is 11.5. The molecule has 2 fully saturated rings. The summed E-state index contributed by atoms with van der Waals surface area (Å²) in [6.07, 6.45) is 9.27. The van der Waals surface area contributed by atoms with Crippen molar-refractivity contribution in [3.05, 3.63) is 0 Å². The fourth-order valence-corrected chi connectivity index (χ4v) is 4.16. The highest BCUT2D eigenvalue weighted by Gasteiger charge is 2.43. The van der Waals surface area contributed by atoms with Crippen molar-refractivity contribution >= 4 is 5.97 Å². The summed E-state index contributed by atoms with van der Waals surface area (Å²) in [7, 11) is 0. The molecule has 1 aliphatic heterocycles. The zero-order chi connectivity index (χ0) is 13.1. The zero-order valence-corrected chi connectivity index (χ0v) is 11.8. The van der Waals surface area contributed by atoms with Gasteiger partial charge in [-0.15, -0.1) is 0 Å². The van der Waals surface area contributed by atoms with Crippen LogP contribution in [-0.4, -0.2) is 34.1 Å². The van der Waals surface area contributed by atoms with E-state index in [0.717, 1.165) is 31.6 Å². The zero-order valence-electron chi connectivity index (χ0n) is 11.8. The number of hydrogen-bond donors (Lipinski definition) is 1. The summed E-state index contributed by atoms with van der Waals surface area (Å²) in [6, 6.07) is 0.768. The minimum absolute atomic E-state index is 0.228. The van der Waals surface area contributed by atoms with Crippen molar-refractivity contribution in [2.75, 3.05) is 0 Å². The number of hydrogen-bond acceptors (Lipinski definition) is 2. The Labute approximate surface area is 111 Å². The van der Waals surface area contributed by atoms with E-state index >= 15 is 0 Å². The lowest BCUT2D eigenvalue weighted by atomic mass is 9.75. The first-order valence-corrected chi connectivity index (χ1v) is 7.69. The summed E-state index contributed by atoms with van der Waals surface area (Å²) in [4.78, 5) is 13.9. The molecule has 3 heteroatoms. The summed E-state index contributed by atoms with van der Waals surface area (Å²) in [5.41, 5.74) is 0. The predicted octanol–water partition coefficient (Wildman–Crippen LogP) is 3.28. The number of rotatable bonds is 4. The lowest BCUT2D eigenvalue weighted by molar-refractivity contribution is -0.150. The van der Waals surface area contributed by atoms with Crippen LogP contribution in [0, 0.1) is 5.92 Å². The number of fused-ring (bicyclic) bond motifs is 1. The molecule has 0 aromatic rings. The molecular weight excluding hydrogens is 226 g/mol. The standard InChI is InChI=1S/C15H27NO2/c1-3-12(4-2)16-13-8-6-5-7-11(13)9-10-14(16)15(17)18/h11-14H,3-10H2,1-2H3,(H,17,18).